The monoisotopic (exact) mass is 643 g/mol. The van der Waals surface area contributed by atoms with Gasteiger partial charge in [0.1, 0.15) is 0 Å². The molecule has 0 aliphatic heterocycles. The van der Waals surface area contributed by atoms with E-state index in [2.05, 4.69) is 36.4 Å². The Morgan fingerprint density at radius 3 is 1.26 bits per heavy atom. The third kappa shape index (κ3) is 6.46. The molecule has 0 atom stereocenters. The first-order valence-electron chi connectivity index (χ1n) is 16.4. The SMILES string of the molecule is N#Cc1ccc(-c2cc(-c3nc(C4=CC=CCC4)nc(-c4ccccc4)n3)cc(-c3nc(-c4ccccc4)nc(-c4ccccc4)n3)c2)cc1. The zero-order valence-electron chi connectivity index (χ0n) is 27.0. The van der Waals surface area contributed by atoms with Gasteiger partial charge in [0, 0.05) is 27.8 Å². The van der Waals surface area contributed by atoms with Gasteiger partial charge in [-0.05, 0) is 59.9 Å². The summed E-state index contributed by atoms with van der Waals surface area (Å²) in [5, 5.41) is 9.47. The molecule has 236 valence electrons. The summed E-state index contributed by atoms with van der Waals surface area (Å²) in [7, 11) is 0. The molecule has 0 unspecified atom stereocenters. The first kappa shape index (κ1) is 30.4. The topological polar surface area (TPSA) is 101 Å². The second kappa shape index (κ2) is 13.7. The molecule has 1 aliphatic carbocycles. The van der Waals surface area contributed by atoms with Crippen LogP contribution in [-0.2, 0) is 0 Å². The first-order valence-corrected chi connectivity index (χ1v) is 16.4. The van der Waals surface area contributed by atoms with Crippen molar-refractivity contribution in [2.75, 3.05) is 0 Å². The van der Waals surface area contributed by atoms with Gasteiger partial charge in [0.15, 0.2) is 34.9 Å². The number of hydrogen-bond donors (Lipinski definition) is 0. The van der Waals surface area contributed by atoms with E-state index in [1.807, 2.05) is 121 Å². The average molecular weight is 644 g/mol. The summed E-state index contributed by atoms with van der Waals surface area (Å²) < 4.78 is 0. The smallest absolute Gasteiger partial charge is 0.164 e. The van der Waals surface area contributed by atoms with Crippen LogP contribution < -0.4 is 0 Å². The Morgan fingerprint density at radius 1 is 0.420 bits per heavy atom. The van der Waals surface area contributed by atoms with Gasteiger partial charge in [-0.3, -0.25) is 0 Å². The predicted molar refractivity (Wildman–Crippen MR) is 197 cm³/mol. The maximum Gasteiger partial charge on any atom is 0.164 e. The highest BCUT2D eigenvalue weighted by molar-refractivity contribution is 5.80. The second-order valence-electron chi connectivity index (χ2n) is 11.9. The Kier molecular flexibility index (Phi) is 8.32. The van der Waals surface area contributed by atoms with Gasteiger partial charge in [0.2, 0.25) is 0 Å². The number of allylic oxidation sites excluding steroid dienone is 4. The second-order valence-corrected chi connectivity index (χ2v) is 11.9. The molecule has 0 amide bonds. The molecule has 0 fully saturated rings. The van der Waals surface area contributed by atoms with Crippen LogP contribution in [0.15, 0.2) is 152 Å². The lowest BCUT2D eigenvalue weighted by molar-refractivity contribution is 0.978. The molecule has 7 nitrogen and oxygen atoms in total. The van der Waals surface area contributed by atoms with Gasteiger partial charge in [-0.15, -0.1) is 0 Å². The number of benzene rings is 5. The van der Waals surface area contributed by atoms with E-state index in [1.54, 1.807) is 0 Å². The summed E-state index contributed by atoms with van der Waals surface area (Å²) in [4.78, 5) is 30.0. The number of nitriles is 1. The molecule has 5 aromatic carbocycles. The van der Waals surface area contributed by atoms with Crippen LogP contribution in [0.4, 0.5) is 0 Å². The fraction of sp³-hybridized carbons (Fsp3) is 0.0465. The molecule has 0 bridgehead atoms. The highest BCUT2D eigenvalue weighted by Gasteiger charge is 2.18. The third-order valence-electron chi connectivity index (χ3n) is 8.46. The molecule has 1 aliphatic rings. The molecule has 2 aromatic heterocycles. The molecule has 0 radical (unpaired) electrons. The lowest BCUT2D eigenvalue weighted by atomic mass is 9.98. The summed E-state index contributed by atoms with van der Waals surface area (Å²) in [5.41, 5.74) is 7.76. The van der Waals surface area contributed by atoms with Crippen LogP contribution in [-0.4, -0.2) is 29.9 Å². The zero-order chi connectivity index (χ0) is 33.7. The quantitative estimate of drug-likeness (QED) is 0.170. The Morgan fingerprint density at radius 2 is 0.840 bits per heavy atom. The van der Waals surface area contributed by atoms with Gasteiger partial charge in [-0.25, -0.2) is 29.9 Å². The molecule has 50 heavy (non-hydrogen) atoms. The highest BCUT2D eigenvalue weighted by Crippen LogP contribution is 2.34. The minimum atomic E-state index is 0.520. The molecule has 8 rings (SSSR count). The van der Waals surface area contributed by atoms with Crippen molar-refractivity contribution in [3.63, 3.8) is 0 Å². The molecule has 2 heterocycles. The van der Waals surface area contributed by atoms with Crippen molar-refractivity contribution in [3.05, 3.63) is 163 Å². The van der Waals surface area contributed by atoms with E-state index in [4.69, 9.17) is 29.9 Å². The van der Waals surface area contributed by atoms with Crippen molar-refractivity contribution in [3.8, 4) is 74.1 Å². The van der Waals surface area contributed by atoms with Crippen LogP contribution >= 0.6 is 0 Å². The molecule has 0 saturated heterocycles. The Hall–Kier alpha value is -6.91. The maximum atomic E-state index is 9.47. The molecular formula is C43H29N7. The minimum absolute atomic E-state index is 0.520. The number of aromatic nitrogens is 6. The molecular weight excluding hydrogens is 615 g/mol. The van der Waals surface area contributed by atoms with E-state index in [0.29, 0.717) is 40.5 Å². The highest BCUT2D eigenvalue weighted by atomic mass is 15.0. The number of hydrogen-bond acceptors (Lipinski definition) is 7. The van der Waals surface area contributed by atoms with Crippen LogP contribution in [0, 0.1) is 11.3 Å². The predicted octanol–water partition coefficient (Wildman–Crippen LogP) is 9.66. The maximum absolute atomic E-state index is 9.47. The van der Waals surface area contributed by atoms with E-state index in [-0.39, 0.29) is 0 Å². The van der Waals surface area contributed by atoms with Gasteiger partial charge in [0.25, 0.3) is 0 Å². The summed E-state index contributed by atoms with van der Waals surface area (Å²) in [6.07, 6.45) is 8.07. The van der Waals surface area contributed by atoms with E-state index in [1.165, 1.54) is 0 Å². The van der Waals surface area contributed by atoms with E-state index in [9.17, 15) is 5.26 Å². The molecule has 7 aromatic rings. The average Bonchev–Trinajstić information content (AvgIpc) is 3.21. The van der Waals surface area contributed by atoms with Crippen LogP contribution in [0.1, 0.15) is 24.2 Å². The zero-order valence-corrected chi connectivity index (χ0v) is 27.0. The van der Waals surface area contributed by atoms with E-state index >= 15 is 0 Å². The largest absolute Gasteiger partial charge is 0.209 e. The lowest BCUT2D eigenvalue weighted by Crippen LogP contribution is -2.04. The standard InChI is InChI=1S/C43H29N7/c44-28-29-21-23-30(24-22-29)35-25-36(42-47-38(31-13-5-1-6-14-31)45-39(48-42)32-15-7-2-8-16-32)27-37(26-35)43-49-40(33-17-9-3-10-18-33)46-41(50-43)34-19-11-4-12-20-34/h1-11,13-19,21-27H,12,20H2. The summed E-state index contributed by atoms with van der Waals surface area (Å²) in [5.74, 6) is 3.47. The number of nitrogens with zero attached hydrogens (tertiary/aromatic N) is 7. The van der Waals surface area contributed by atoms with Crippen LogP contribution in [0.3, 0.4) is 0 Å². The van der Waals surface area contributed by atoms with E-state index < -0.39 is 0 Å². The van der Waals surface area contributed by atoms with Crippen LogP contribution in [0.25, 0.3) is 73.6 Å². The Labute approximate surface area is 290 Å². The molecule has 0 saturated carbocycles. The molecule has 0 N–H and O–H groups in total. The lowest BCUT2D eigenvalue weighted by Gasteiger charge is -2.14. The van der Waals surface area contributed by atoms with Crippen molar-refractivity contribution in [1.82, 2.24) is 29.9 Å². The van der Waals surface area contributed by atoms with Crippen molar-refractivity contribution >= 4 is 5.57 Å². The molecule has 0 spiro atoms. The van der Waals surface area contributed by atoms with Gasteiger partial charge in [0.05, 0.1) is 11.6 Å². The van der Waals surface area contributed by atoms with Crippen LogP contribution in [0.2, 0.25) is 0 Å². The Bertz CT molecular complexity index is 2360. The fourth-order valence-corrected chi connectivity index (χ4v) is 5.88. The Balaban J connectivity index is 1.36. The third-order valence-corrected chi connectivity index (χ3v) is 8.46. The summed E-state index contributed by atoms with van der Waals surface area (Å²) >= 11 is 0. The van der Waals surface area contributed by atoms with E-state index in [0.717, 1.165) is 57.4 Å². The minimum Gasteiger partial charge on any atom is -0.209 e. The number of rotatable bonds is 7. The summed E-state index contributed by atoms with van der Waals surface area (Å²) in [6.45, 7) is 0. The summed E-state index contributed by atoms with van der Waals surface area (Å²) in [6, 6.07) is 45.8. The van der Waals surface area contributed by atoms with Crippen molar-refractivity contribution in [2.24, 2.45) is 0 Å². The van der Waals surface area contributed by atoms with Gasteiger partial charge >= 0.3 is 0 Å². The first-order chi connectivity index (χ1) is 24.7. The van der Waals surface area contributed by atoms with Crippen molar-refractivity contribution in [1.29, 1.82) is 5.26 Å². The normalized spacial score (nSPS) is 12.3. The van der Waals surface area contributed by atoms with Crippen molar-refractivity contribution in [2.45, 2.75) is 12.8 Å². The van der Waals surface area contributed by atoms with Crippen molar-refractivity contribution < 1.29 is 0 Å². The molecule has 7 heteroatoms. The fourth-order valence-electron chi connectivity index (χ4n) is 5.88. The van der Waals surface area contributed by atoms with Crippen LogP contribution in [0.5, 0.6) is 0 Å². The van der Waals surface area contributed by atoms with Gasteiger partial charge < -0.3 is 0 Å². The van der Waals surface area contributed by atoms with Gasteiger partial charge in [-0.1, -0.05) is 121 Å². The van der Waals surface area contributed by atoms with Gasteiger partial charge in [-0.2, -0.15) is 5.26 Å².